The third-order valence-corrected chi connectivity index (χ3v) is 3.28. The molecule has 0 saturated carbocycles. The van der Waals surface area contributed by atoms with Gasteiger partial charge in [0.15, 0.2) is 0 Å². The summed E-state index contributed by atoms with van der Waals surface area (Å²) in [5, 5.41) is 2.03. The fraction of sp³-hybridized carbons (Fsp3) is 0.0667. The molecule has 0 unspecified atom stereocenters. The van der Waals surface area contributed by atoms with Crippen molar-refractivity contribution in [1.29, 1.82) is 0 Å². The number of benzene rings is 2. The van der Waals surface area contributed by atoms with Crippen LogP contribution in [0.25, 0.3) is 22.0 Å². The Kier molecular flexibility index (Phi) is 2.41. The van der Waals surface area contributed by atoms with Gasteiger partial charge in [-0.3, -0.25) is 0 Å². The van der Waals surface area contributed by atoms with E-state index in [4.69, 9.17) is 11.6 Å². The lowest BCUT2D eigenvalue weighted by molar-refractivity contribution is 1.30. The van der Waals surface area contributed by atoms with Crippen LogP contribution in [0.5, 0.6) is 0 Å². The zero-order valence-corrected chi connectivity index (χ0v) is 10.3. The van der Waals surface area contributed by atoms with E-state index in [0.29, 0.717) is 0 Å². The second-order valence-electron chi connectivity index (χ2n) is 4.18. The number of fused-ring (bicyclic) bond motifs is 1. The predicted molar refractivity (Wildman–Crippen MR) is 73.5 cm³/mol. The topological polar surface area (TPSA) is 15.8 Å². The van der Waals surface area contributed by atoms with Crippen molar-refractivity contribution in [2.75, 3.05) is 0 Å². The van der Waals surface area contributed by atoms with Crippen molar-refractivity contribution in [3.63, 3.8) is 0 Å². The van der Waals surface area contributed by atoms with Crippen LogP contribution >= 0.6 is 11.6 Å². The minimum atomic E-state index is 0.770. The van der Waals surface area contributed by atoms with Crippen LogP contribution in [-0.2, 0) is 0 Å². The molecule has 3 aromatic rings. The van der Waals surface area contributed by atoms with Crippen LogP contribution in [0.4, 0.5) is 0 Å². The van der Waals surface area contributed by atoms with Gasteiger partial charge in [0.1, 0.15) is 0 Å². The number of halogens is 1. The molecule has 0 saturated heterocycles. The zero-order chi connectivity index (χ0) is 11.8. The number of nitrogens with one attached hydrogen (secondary N) is 1. The number of hydrogen-bond acceptors (Lipinski definition) is 0. The average molecular weight is 242 g/mol. The Morgan fingerprint density at radius 2 is 1.65 bits per heavy atom. The fourth-order valence-electron chi connectivity index (χ4n) is 2.27. The molecule has 0 aliphatic heterocycles. The van der Waals surface area contributed by atoms with E-state index in [1.54, 1.807) is 0 Å². The van der Waals surface area contributed by atoms with Crippen molar-refractivity contribution in [1.82, 2.24) is 4.98 Å². The Hall–Kier alpha value is -1.73. The summed E-state index contributed by atoms with van der Waals surface area (Å²) >= 11 is 5.92. The van der Waals surface area contributed by atoms with E-state index in [1.807, 2.05) is 18.2 Å². The summed E-state index contributed by atoms with van der Waals surface area (Å²) in [5.74, 6) is 0. The van der Waals surface area contributed by atoms with E-state index in [-0.39, 0.29) is 0 Å². The molecule has 0 aliphatic carbocycles. The molecule has 1 nitrogen and oxygen atoms in total. The number of aromatic nitrogens is 1. The van der Waals surface area contributed by atoms with Crippen molar-refractivity contribution in [2.24, 2.45) is 0 Å². The van der Waals surface area contributed by atoms with Crippen molar-refractivity contribution in [2.45, 2.75) is 6.92 Å². The van der Waals surface area contributed by atoms with E-state index < -0.39 is 0 Å². The first-order valence-electron chi connectivity index (χ1n) is 5.59. The molecule has 84 valence electrons. The zero-order valence-electron chi connectivity index (χ0n) is 9.50. The second kappa shape index (κ2) is 3.94. The average Bonchev–Trinajstić information content (AvgIpc) is 2.66. The summed E-state index contributed by atoms with van der Waals surface area (Å²) in [6.07, 6.45) is 0. The normalized spacial score (nSPS) is 10.9. The maximum absolute atomic E-state index is 5.92. The molecule has 0 atom stereocenters. The number of aromatic amines is 1. The molecule has 1 heterocycles. The van der Waals surface area contributed by atoms with E-state index >= 15 is 0 Å². The maximum atomic E-state index is 5.92. The van der Waals surface area contributed by atoms with Crippen LogP contribution in [-0.4, -0.2) is 4.98 Å². The highest BCUT2D eigenvalue weighted by molar-refractivity contribution is 6.30. The van der Waals surface area contributed by atoms with Gasteiger partial charge in [0.2, 0.25) is 0 Å². The Balaban J connectivity index is 2.29. The van der Waals surface area contributed by atoms with E-state index in [1.165, 1.54) is 27.7 Å². The molecular weight excluding hydrogens is 230 g/mol. The number of hydrogen-bond donors (Lipinski definition) is 1. The van der Waals surface area contributed by atoms with Crippen LogP contribution < -0.4 is 0 Å². The first-order valence-corrected chi connectivity index (χ1v) is 5.97. The maximum Gasteiger partial charge on any atom is 0.0462 e. The summed E-state index contributed by atoms with van der Waals surface area (Å²) in [4.78, 5) is 3.41. The van der Waals surface area contributed by atoms with Crippen LogP contribution in [0.3, 0.4) is 0 Å². The van der Waals surface area contributed by atoms with Gasteiger partial charge in [-0.25, -0.2) is 0 Å². The lowest BCUT2D eigenvalue weighted by Crippen LogP contribution is -1.78. The van der Waals surface area contributed by atoms with Gasteiger partial charge in [0, 0.05) is 27.2 Å². The third kappa shape index (κ3) is 1.73. The Morgan fingerprint density at radius 1 is 0.941 bits per heavy atom. The van der Waals surface area contributed by atoms with Crippen molar-refractivity contribution >= 4 is 22.5 Å². The molecule has 0 radical (unpaired) electrons. The van der Waals surface area contributed by atoms with Crippen LogP contribution in [0.1, 0.15) is 5.69 Å². The van der Waals surface area contributed by atoms with Gasteiger partial charge in [-0.15, -0.1) is 0 Å². The molecule has 0 bridgehead atoms. The molecule has 1 N–H and O–H groups in total. The van der Waals surface area contributed by atoms with E-state index in [0.717, 1.165) is 5.02 Å². The van der Waals surface area contributed by atoms with Gasteiger partial charge in [-0.05, 0) is 30.7 Å². The van der Waals surface area contributed by atoms with Crippen molar-refractivity contribution in [3.05, 3.63) is 59.2 Å². The van der Waals surface area contributed by atoms with E-state index in [9.17, 15) is 0 Å². The number of aryl methyl sites for hydroxylation is 1. The van der Waals surface area contributed by atoms with Gasteiger partial charge in [-0.1, -0.05) is 41.9 Å². The fourth-order valence-corrected chi connectivity index (χ4v) is 2.39. The van der Waals surface area contributed by atoms with Gasteiger partial charge < -0.3 is 4.98 Å². The summed E-state index contributed by atoms with van der Waals surface area (Å²) in [5.41, 5.74) is 4.82. The molecule has 0 aliphatic rings. The first kappa shape index (κ1) is 10.4. The molecule has 0 spiro atoms. The highest BCUT2D eigenvalue weighted by Gasteiger charge is 2.09. The highest BCUT2D eigenvalue weighted by Crippen LogP contribution is 2.32. The quantitative estimate of drug-likeness (QED) is 0.630. The molecule has 2 aromatic carbocycles. The summed E-state index contributed by atoms with van der Waals surface area (Å²) in [6, 6.07) is 16.3. The lowest BCUT2D eigenvalue weighted by atomic mass is 10.0. The number of H-pyrrole nitrogens is 1. The predicted octanol–water partition coefficient (Wildman–Crippen LogP) is 4.80. The Labute approximate surface area is 105 Å². The smallest absolute Gasteiger partial charge is 0.0462 e. The highest BCUT2D eigenvalue weighted by atomic mass is 35.5. The SMILES string of the molecule is Cc1[nH]c2ccccc2c1-c1ccc(Cl)cc1. The number of rotatable bonds is 1. The largest absolute Gasteiger partial charge is 0.358 e. The summed E-state index contributed by atoms with van der Waals surface area (Å²) in [6.45, 7) is 2.10. The summed E-state index contributed by atoms with van der Waals surface area (Å²) < 4.78 is 0. The molecule has 0 amide bonds. The molecule has 3 rings (SSSR count). The van der Waals surface area contributed by atoms with Gasteiger partial charge in [0.05, 0.1) is 0 Å². The van der Waals surface area contributed by atoms with Crippen molar-refractivity contribution < 1.29 is 0 Å². The molecule has 1 aromatic heterocycles. The number of para-hydroxylation sites is 1. The molecule has 0 fully saturated rings. The lowest BCUT2D eigenvalue weighted by Gasteiger charge is -2.01. The third-order valence-electron chi connectivity index (χ3n) is 3.03. The van der Waals surface area contributed by atoms with Crippen LogP contribution in [0, 0.1) is 6.92 Å². The monoisotopic (exact) mass is 241 g/mol. The van der Waals surface area contributed by atoms with Gasteiger partial charge in [0.25, 0.3) is 0 Å². The Morgan fingerprint density at radius 3 is 2.41 bits per heavy atom. The molecule has 2 heteroatoms. The second-order valence-corrected chi connectivity index (χ2v) is 4.61. The van der Waals surface area contributed by atoms with Gasteiger partial charge in [-0.2, -0.15) is 0 Å². The van der Waals surface area contributed by atoms with E-state index in [2.05, 4.69) is 42.2 Å². The van der Waals surface area contributed by atoms with Crippen LogP contribution in [0.2, 0.25) is 5.02 Å². The molecule has 17 heavy (non-hydrogen) atoms. The first-order chi connectivity index (χ1) is 8.25. The molecular formula is C15H12ClN. The minimum absolute atomic E-state index is 0.770. The van der Waals surface area contributed by atoms with Gasteiger partial charge >= 0.3 is 0 Å². The standard InChI is InChI=1S/C15H12ClN/c1-10-15(11-6-8-12(16)9-7-11)13-4-2-3-5-14(13)17-10/h2-9,17H,1H3. The minimum Gasteiger partial charge on any atom is -0.358 e. The van der Waals surface area contributed by atoms with Crippen LogP contribution in [0.15, 0.2) is 48.5 Å². The summed E-state index contributed by atoms with van der Waals surface area (Å²) in [7, 11) is 0. The van der Waals surface area contributed by atoms with Crippen molar-refractivity contribution in [3.8, 4) is 11.1 Å². The Bertz CT molecular complexity index is 665.